The van der Waals surface area contributed by atoms with Crippen LogP contribution in [0.15, 0.2) is 18.2 Å². The van der Waals surface area contributed by atoms with Gasteiger partial charge in [0.1, 0.15) is 6.07 Å². The molecule has 5 heteroatoms. The zero-order valence-electron chi connectivity index (χ0n) is 10.6. The lowest BCUT2D eigenvalue weighted by atomic mass is 9.93. The lowest BCUT2D eigenvalue weighted by Gasteiger charge is -2.33. The smallest absolute Gasteiger partial charge is 0.217 e. The fourth-order valence-corrected chi connectivity index (χ4v) is 2.69. The molecule has 2 rings (SSSR count). The van der Waals surface area contributed by atoms with Crippen molar-refractivity contribution in [2.24, 2.45) is 11.7 Å². The van der Waals surface area contributed by atoms with Gasteiger partial charge in [-0.05, 0) is 37.0 Å². The van der Waals surface area contributed by atoms with Crippen LogP contribution in [0.1, 0.15) is 24.8 Å². The predicted molar refractivity (Wildman–Crippen MR) is 74.9 cm³/mol. The number of nitriles is 1. The molecule has 0 atom stereocenters. The van der Waals surface area contributed by atoms with E-state index in [1.807, 2.05) is 6.07 Å². The van der Waals surface area contributed by atoms with Crippen molar-refractivity contribution >= 4 is 23.2 Å². The summed E-state index contributed by atoms with van der Waals surface area (Å²) in [6.07, 6.45) is 2.29. The van der Waals surface area contributed by atoms with Crippen molar-refractivity contribution in [1.29, 1.82) is 5.26 Å². The number of hydrogen-bond acceptors (Lipinski definition) is 3. The topological polar surface area (TPSA) is 70.1 Å². The van der Waals surface area contributed by atoms with Crippen LogP contribution in [0.4, 0.5) is 5.69 Å². The lowest BCUT2D eigenvalue weighted by molar-refractivity contribution is -0.119. The molecule has 19 heavy (non-hydrogen) atoms. The molecule has 0 bridgehead atoms. The number of anilines is 1. The standard InChI is InChI=1S/C14H16ClN3O/c15-12-2-1-11(9-16)13(8-12)18-5-3-10(4-6-18)7-14(17)19/h1-2,8,10H,3-7H2,(H2,17,19). The number of primary amides is 1. The van der Waals surface area contributed by atoms with E-state index in [2.05, 4.69) is 11.0 Å². The van der Waals surface area contributed by atoms with Crippen molar-refractivity contribution in [2.75, 3.05) is 18.0 Å². The fraction of sp³-hybridized carbons (Fsp3) is 0.429. The first-order valence-electron chi connectivity index (χ1n) is 6.33. The van der Waals surface area contributed by atoms with Gasteiger partial charge in [-0.25, -0.2) is 0 Å². The Balaban J connectivity index is 2.07. The minimum atomic E-state index is -0.237. The third-order valence-corrected chi connectivity index (χ3v) is 3.76. The number of carbonyl (C=O) groups excluding carboxylic acids is 1. The fourth-order valence-electron chi connectivity index (χ4n) is 2.52. The summed E-state index contributed by atoms with van der Waals surface area (Å²) in [5.41, 5.74) is 6.74. The van der Waals surface area contributed by atoms with Gasteiger partial charge in [-0.3, -0.25) is 4.79 Å². The number of nitrogens with two attached hydrogens (primary N) is 1. The molecule has 1 aromatic carbocycles. The molecule has 0 saturated carbocycles. The number of rotatable bonds is 3. The summed E-state index contributed by atoms with van der Waals surface area (Å²) in [6, 6.07) is 7.49. The van der Waals surface area contributed by atoms with Crippen LogP contribution in [-0.2, 0) is 4.79 Å². The molecule has 1 fully saturated rings. The quantitative estimate of drug-likeness (QED) is 0.922. The molecule has 0 aromatic heterocycles. The van der Waals surface area contributed by atoms with Crippen LogP contribution in [0.3, 0.4) is 0 Å². The highest BCUT2D eigenvalue weighted by Gasteiger charge is 2.22. The Hall–Kier alpha value is -1.73. The average Bonchev–Trinajstić information content (AvgIpc) is 2.39. The molecule has 1 aromatic rings. The zero-order valence-corrected chi connectivity index (χ0v) is 11.4. The van der Waals surface area contributed by atoms with E-state index < -0.39 is 0 Å². The number of halogens is 1. The molecule has 1 amide bonds. The van der Waals surface area contributed by atoms with Crippen molar-refractivity contribution in [3.05, 3.63) is 28.8 Å². The number of carbonyl (C=O) groups is 1. The van der Waals surface area contributed by atoms with Gasteiger partial charge in [-0.15, -0.1) is 0 Å². The normalized spacial score (nSPS) is 16.1. The Bertz CT molecular complexity index is 516. The van der Waals surface area contributed by atoms with Gasteiger partial charge < -0.3 is 10.6 Å². The minimum Gasteiger partial charge on any atom is -0.370 e. The van der Waals surface area contributed by atoms with Gasteiger partial charge in [0.15, 0.2) is 0 Å². The molecule has 2 N–H and O–H groups in total. The Morgan fingerprint density at radius 2 is 2.16 bits per heavy atom. The van der Waals surface area contributed by atoms with Crippen LogP contribution in [0.25, 0.3) is 0 Å². The zero-order chi connectivity index (χ0) is 13.8. The van der Waals surface area contributed by atoms with Gasteiger partial charge in [-0.1, -0.05) is 11.6 Å². The van der Waals surface area contributed by atoms with Crippen LogP contribution < -0.4 is 10.6 Å². The Kier molecular flexibility index (Phi) is 4.28. The Morgan fingerprint density at radius 3 is 2.74 bits per heavy atom. The number of hydrogen-bond donors (Lipinski definition) is 1. The van der Waals surface area contributed by atoms with E-state index in [1.165, 1.54) is 0 Å². The van der Waals surface area contributed by atoms with Crippen molar-refractivity contribution in [3.63, 3.8) is 0 Å². The third kappa shape index (κ3) is 3.39. The summed E-state index contributed by atoms with van der Waals surface area (Å²) in [5, 5.41) is 9.76. The Labute approximate surface area is 117 Å². The lowest BCUT2D eigenvalue weighted by Crippen LogP contribution is -2.35. The summed E-state index contributed by atoms with van der Waals surface area (Å²) < 4.78 is 0. The molecule has 0 aliphatic carbocycles. The maximum Gasteiger partial charge on any atom is 0.217 e. The highest BCUT2D eigenvalue weighted by molar-refractivity contribution is 6.30. The molecule has 1 aliphatic heterocycles. The second kappa shape index (κ2) is 5.94. The second-order valence-electron chi connectivity index (χ2n) is 4.87. The van der Waals surface area contributed by atoms with E-state index in [1.54, 1.807) is 12.1 Å². The SMILES string of the molecule is N#Cc1ccc(Cl)cc1N1CCC(CC(N)=O)CC1. The van der Waals surface area contributed by atoms with Crippen LogP contribution >= 0.6 is 11.6 Å². The molecule has 100 valence electrons. The van der Waals surface area contributed by atoms with E-state index >= 15 is 0 Å². The molecule has 0 spiro atoms. The van der Waals surface area contributed by atoms with Gasteiger partial charge >= 0.3 is 0 Å². The van der Waals surface area contributed by atoms with Crippen LogP contribution in [0, 0.1) is 17.2 Å². The number of piperidine rings is 1. The highest BCUT2D eigenvalue weighted by atomic mass is 35.5. The molecule has 1 aliphatic rings. The van der Waals surface area contributed by atoms with Crippen molar-refractivity contribution in [1.82, 2.24) is 0 Å². The summed E-state index contributed by atoms with van der Waals surface area (Å²) >= 11 is 5.99. The van der Waals surface area contributed by atoms with Crippen LogP contribution in [0.2, 0.25) is 5.02 Å². The van der Waals surface area contributed by atoms with Crippen molar-refractivity contribution < 1.29 is 4.79 Å². The minimum absolute atomic E-state index is 0.237. The first-order valence-corrected chi connectivity index (χ1v) is 6.71. The molecular formula is C14H16ClN3O. The van der Waals surface area contributed by atoms with E-state index in [9.17, 15) is 4.79 Å². The van der Waals surface area contributed by atoms with Gasteiger partial charge in [-0.2, -0.15) is 5.26 Å². The largest absolute Gasteiger partial charge is 0.370 e. The van der Waals surface area contributed by atoms with Crippen LogP contribution in [0.5, 0.6) is 0 Å². The van der Waals surface area contributed by atoms with Crippen molar-refractivity contribution in [2.45, 2.75) is 19.3 Å². The monoisotopic (exact) mass is 277 g/mol. The summed E-state index contributed by atoms with van der Waals surface area (Å²) in [6.45, 7) is 1.65. The third-order valence-electron chi connectivity index (χ3n) is 3.53. The second-order valence-corrected chi connectivity index (χ2v) is 5.31. The predicted octanol–water partition coefficient (Wildman–Crippen LogP) is 2.30. The summed E-state index contributed by atoms with van der Waals surface area (Å²) in [7, 11) is 0. The van der Waals surface area contributed by atoms with Gasteiger partial charge in [0.2, 0.25) is 5.91 Å². The first-order chi connectivity index (χ1) is 9.10. The van der Waals surface area contributed by atoms with Gasteiger partial charge in [0.25, 0.3) is 0 Å². The number of nitrogens with zero attached hydrogens (tertiary/aromatic N) is 2. The van der Waals surface area contributed by atoms with E-state index in [-0.39, 0.29) is 5.91 Å². The number of benzene rings is 1. The first kappa shape index (κ1) is 13.7. The van der Waals surface area contributed by atoms with Crippen LogP contribution in [-0.4, -0.2) is 19.0 Å². The highest BCUT2D eigenvalue weighted by Crippen LogP contribution is 2.29. The molecule has 0 radical (unpaired) electrons. The number of amides is 1. The van der Waals surface area contributed by atoms with Crippen molar-refractivity contribution in [3.8, 4) is 6.07 Å². The molecule has 1 heterocycles. The molecule has 1 saturated heterocycles. The van der Waals surface area contributed by atoms with E-state index in [0.717, 1.165) is 31.6 Å². The van der Waals surface area contributed by atoms with Gasteiger partial charge in [0.05, 0.1) is 11.3 Å². The average molecular weight is 278 g/mol. The van der Waals surface area contributed by atoms with E-state index in [0.29, 0.717) is 22.9 Å². The molecule has 0 unspecified atom stereocenters. The Morgan fingerprint density at radius 1 is 1.47 bits per heavy atom. The van der Waals surface area contributed by atoms with E-state index in [4.69, 9.17) is 22.6 Å². The maximum atomic E-state index is 10.9. The van der Waals surface area contributed by atoms with Gasteiger partial charge in [0, 0.05) is 24.5 Å². The maximum absolute atomic E-state index is 10.9. The molecular weight excluding hydrogens is 262 g/mol. The summed E-state index contributed by atoms with van der Waals surface area (Å²) in [4.78, 5) is 13.1. The summed E-state index contributed by atoms with van der Waals surface area (Å²) in [5.74, 6) is 0.123. The molecule has 4 nitrogen and oxygen atoms in total.